The molecule has 1 aromatic carbocycles. The van der Waals surface area contributed by atoms with Crippen molar-refractivity contribution in [3.8, 4) is 0 Å². The third kappa shape index (κ3) is 6.56. The molecule has 0 bridgehead atoms. The summed E-state index contributed by atoms with van der Waals surface area (Å²) < 4.78 is 0. The van der Waals surface area contributed by atoms with Crippen molar-refractivity contribution in [3.63, 3.8) is 0 Å². The highest BCUT2D eigenvalue weighted by Crippen LogP contribution is 2.22. The lowest BCUT2D eigenvalue weighted by molar-refractivity contribution is 0.161. The van der Waals surface area contributed by atoms with Crippen molar-refractivity contribution in [2.45, 2.75) is 84.2 Å². The van der Waals surface area contributed by atoms with Gasteiger partial charge in [-0.2, -0.15) is 0 Å². The first-order valence-corrected chi connectivity index (χ1v) is 8.21. The van der Waals surface area contributed by atoms with Crippen molar-refractivity contribution in [1.29, 1.82) is 0 Å². The van der Waals surface area contributed by atoms with Crippen molar-refractivity contribution >= 4 is 0 Å². The molecule has 1 nitrogen and oxygen atoms in total. The van der Waals surface area contributed by atoms with Gasteiger partial charge in [-0.1, -0.05) is 84.1 Å². The van der Waals surface area contributed by atoms with Crippen LogP contribution in [0, 0.1) is 0 Å². The molecule has 0 saturated carbocycles. The fourth-order valence-corrected chi connectivity index (χ4v) is 2.50. The minimum Gasteiger partial charge on any atom is -0.393 e. The monoisotopic (exact) mass is 276 g/mol. The fourth-order valence-electron chi connectivity index (χ4n) is 2.50. The maximum Gasteiger partial charge on any atom is 0.0580 e. The first kappa shape index (κ1) is 17.2. The minimum atomic E-state index is -0.183. The summed E-state index contributed by atoms with van der Waals surface area (Å²) in [6.45, 7) is 8.92. The van der Waals surface area contributed by atoms with Crippen molar-refractivity contribution in [2.24, 2.45) is 0 Å². The first-order valence-electron chi connectivity index (χ1n) is 8.21. The maximum absolute atomic E-state index is 10.1. The van der Waals surface area contributed by atoms with Gasteiger partial charge >= 0.3 is 0 Å². The molecule has 0 aliphatic heterocycles. The number of rotatable bonds is 8. The van der Waals surface area contributed by atoms with E-state index < -0.39 is 0 Å². The Balaban J connectivity index is 2.33. The minimum absolute atomic E-state index is 0.183. The van der Waals surface area contributed by atoms with Gasteiger partial charge in [-0.25, -0.2) is 0 Å². The van der Waals surface area contributed by atoms with Gasteiger partial charge in [-0.15, -0.1) is 0 Å². The molecule has 0 amide bonds. The molecular weight excluding hydrogens is 244 g/mol. The van der Waals surface area contributed by atoms with Crippen molar-refractivity contribution < 1.29 is 5.11 Å². The highest BCUT2D eigenvalue weighted by atomic mass is 16.3. The van der Waals surface area contributed by atoms with E-state index in [0.717, 1.165) is 19.3 Å². The molecule has 1 atom stereocenters. The van der Waals surface area contributed by atoms with Crippen molar-refractivity contribution in [2.75, 3.05) is 0 Å². The van der Waals surface area contributed by atoms with E-state index in [1.165, 1.54) is 36.8 Å². The molecule has 0 fully saturated rings. The number of benzene rings is 1. The average Bonchev–Trinajstić information content (AvgIpc) is 2.38. The normalized spacial score (nSPS) is 13.4. The molecule has 1 aromatic rings. The molecule has 0 aliphatic rings. The summed E-state index contributed by atoms with van der Waals surface area (Å²) in [6.07, 6.45) is 7.87. The second-order valence-corrected chi connectivity index (χ2v) is 7.01. The Labute approximate surface area is 125 Å². The van der Waals surface area contributed by atoms with E-state index in [-0.39, 0.29) is 11.5 Å². The van der Waals surface area contributed by atoms with Gasteiger partial charge in [0.1, 0.15) is 0 Å². The third-order valence-electron chi connectivity index (χ3n) is 3.93. The van der Waals surface area contributed by atoms with Crippen LogP contribution >= 0.6 is 0 Å². The first-order chi connectivity index (χ1) is 9.43. The van der Waals surface area contributed by atoms with Crippen LogP contribution in [0.2, 0.25) is 0 Å². The lowest BCUT2D eigenvalue weighted by Crippen LogP contribution is -2.12. The van der Waals surface area contributed by atoms with Gasteiger partial charge in [0, 0.05) is 0 Å². The van der Waals surface area contributed by atoms with E-state index in [1.807, 2.05) is 0 Å². The molecule has 0 spiro atoms. The maximum atomic E-state index is 10.1. The molecule has 0 aliphatic carbocycles. The van der Waals surface area contributed by atoms with Gasteiger partial charge in [0.05, 0.1) is 6.10 Å². The smallest absolute Gasteiger partial charge is 0.0580 e. The van der Waals surface area contributed by atoms with E-state index >= 15 is 0 Å². The van der Waals surface area contributed by atoms with E-state index in [4.69, 9.17) is 0 Å². The van der Waals surface area contributed by atoms with Crippen LogP contribution < -0.4 is 0 Å². The van der Waals surface area contributed by atoms with E-state index in [9.17, 15) is 5.11 Å². The molecule has 0 radical (unpaired) electrons. The number of aliphatic hydroxyl groups excluding tert-OH is 1. The van der Waals surface area contributed by atoms with Crippen LogP contribution in [-0.2, 0) is 11.8 Å². The van der Waals surface area contributed by atoms with Crippen LogP contribution in [0.4, 0.5) is 0 Å². The van der Waals surface area contributed by atoms with Crippen LogP contribution in [0.5, 0.6) is 0 Å². The van der Waals surface area contributed by atoms with Crippen LogP contribution in [0.25, 0.3) is 0 Å². The highest BCUT2D eigenvalue weighted by molar-refractivity contribution is 5.27. The molecule has 0 aromatic heterocycles. The number of hydrogen-bond donors (Lipinski definition) is 1. The second-order valence-electron chi connectivity index (χ2n) is 7.01. The van der Waals surface area contributed by atoms with Gasteiger partial charge in [0.15, 0.2) is 0 Å². The molecule has 114 valence electrons. The Hall–Kier alpha value is -0.820. The van der Waals surface area contributed by atoms with Crippen molar-refractivity contribution in [3.05, 3.63) is 35.4 Å². The second kappa shape index (κ2) is 8.46. The van der Waals surface area contributed by atoms with Crippen LogP contribution in [0.15, 0.2) is 24.3 Å². The molecule has 1 rings (SSSR count). The quantitative estimate of drug-likeness (QED) is 0.643. The van der Waals surface area contributed by atoms with Gasteiger partial charge in [-0.3, -0.25) is 0 Å². The summed E-state index contributed by atoms with van der Waals surface area (Å²) in [5.74, 6) is 0. The Morgan fingerprint density at radius 3 is 2.10 bits per heavy atom. The Morgan fingerprint density at radius 2 is 1.55 bits per heavy atom. The lowest BCUT2D eigenvalue weighted by atomic mass is 9.86. The molecule has 0 heterocycles. The zero-order valence-electron chi connectivity index (χ0n) is 13.8. The van der Waals surface area contributed by atoms with Crippen molar-refractivity contribution in [1.82, 2.24) is 0 Å². The van der Waals surface area contributed by atoms with Gasteiger partial charge < -0.3 is 5.11 Å². The van der Waals surface area contributed by atoms with Gasteiger partial charge in [0.25, 0.3) is 0 Å². The van der Waals surface area contributed by atoms with E-state index in [0.29, 0.717) is 0 Å². The largest absolute Gasteiger partial charge is 0.393 e. The molecule has 20 heavy (non-hydrogen) atoms. The predicted octanol–water partition coefficient (Wildman–Crippen LogP) is 5.25. The summed E-state index contributed by atoms with van der Waals surface area (Å²) in [6, 6.07) is 8.73. The summed E-state index contributed by atoms with van der Waals surface area (Å²) in [5, 5.41) is 10.1. The number of unbranched alkanes of at least 4 members (excludes halogenated alkanes) is 4. The van der Waals surface area contributed by atoms with Crippen LogP contribution in [0.1, 0.15) is 77.3 Å². The molecule has 1 N–H and O–H groups in total. The number of hydrogen-bond acceptors (Lipinski definition) is 1. The Kier molecular flexibility index (Phi) is 7.29. The van der Waals surface area contributed by atoms with Gasteiger partial charge in [-0.05, 0) is 29.4 Å². The average molecular weight is 276 g/mol. The topological polar surface area (TPSA) is 20.2 Å². The van der Waals surface area contributed by atoms with Gasteiger partial charge in [0.2, 0.25) is 0 Å². The predicted molar refractivity (Wildman–Crippen MR) is 88.2 cm³/mol. The number of aliphatic hydroxyl groups is 1. The van der Waals surface area contributed by atoms with Crippen LogP contribution in [-0.4, -0.2) is 11.2 Å². The summed E-state index contributed by atoms with van der Waals surface area (Å²) in [7, 11) is 0. The highest BCUT2D eigenvalue weighted by Gasteiger charge is 2.13. The summed E-state index contributed by atoms with van der Waals surface area (Å²) >= 11 is 0. The summed E-state index contributed by atoms with van der Waals surface area (Å²) in [4.78, 5) is 0. The Morgan fingerprint density at radius 1 is 0.950 bits per heavy atom. The molecule has 1 unspecified atom stereocenters. The van der Waals surface area contributed by atoms with E-state index in [2.05, 4.69) is 52.0 Å². The van der Waals surface area contributed by atoms with E-state index in [1.54, 1.807) is 0 Å². The standard InChI is InChI=1S/C19H32O/c1-5-6-7-8-9-10-18(20)15-16-11-13-17(14-12-16)19(2,3)4/h11-14,18,20H,5-10,15H2,1-4H3. The fraction of sp³-hybridized carbons (Fsp3) is 0.684. The zero-order valence-corrected chi connectivity index (χ0v) is 13.8. The third-order valence-corrected chi connectivity index (χ3v) is 3.93. The molecule has 0 saturated heterocycles. The molecule has 1 heteroatoms. The molecular formula is C19H32O. The summed E-state index contributed by atoms with van der Waals surface area (Å²) in [5.41, 5.74) is 2.81. The zero-order chi connectivity index (χ0) is 15.0. The SMILES string of the molecule is CCCCCCCC(O)Cc1ccc(C(C)(C)C)cc1. The lowest BCUT2D eigenvalue weighted by Gasteiger charge is -2.19. The Bertz CT molecular complexity index is 358. The van der Waals surface area contributed by atoms with Crippen LogP contribution in [0.3, 0.4) is 0 Å².